The minimum Gasteiger partial charge on any atom is -0.494 e. The van der Waals surface area contributed by atoms with Gasteiger partial charge in [-0.05, 0) is 5.56 Å². The third-order valence-corrected chi connectivity index (χ3v) is 1.44. The van der Waals surface area contributed by atoms with Crippen molar-refractivity contribution in [3.05, 3.63) is 46.6 Å². The summed E-state index contributed by atoms with van der Waals surface area (Å²) in [6, 6.07) is 9.79. The Kier molecular flexibility index (Phi) is 3.98. The molecule has 0 unspecified atom stereocenters. The van der Waals surface area contributed by atoms with Crippen LogP contribution >= 0.6 is 23.2 Å². The van der Waals surface area contributed by atoms with Gasteiger partial charge in [0.2, 0.25) is 0 Å². The molecule has 0 saturated heterocycles. The van der Waals surface area contributed by atoms with Gasteiger partial charge >= 0.3 is 0 Å². The van der Waals surface area contributed by atoms with Crippen LogP contribution in [0.3, 0.4) is 0 Å². The Bertz CT molecular complexity index is 252. The first-order chi connectivity index (χ1) is 5.79. The van der Waals surface area contributed by atoms with E-state index in [1.807, 2.05) is 30.3 Å². The molecule has 64 valence electrons. The van der Waals surface area contributed by atoms with Crippen LogP contribution in [0.5, 0.6) is 0 Å². The lowest BCUT2D eigenvalue weighted by molar-refractivity contribution is 0.236. The molecule has 0 radical (unpaired) electrons. The second-order valence-electron chi connectivity index (χ2n) is 2.20. The van der Waals surface area contributed by atoms with Gasteiger partial charge in [-0.3, -0.25) is 0 Å². The predicted molar refractivity (Wildman–Crippen MR) is 51.0 cm³/mol. The molecule has 0 atom stereocenters. The summed E-state index contributed by atoms with van der Waals surface area (Å²) >= 11 is 10.7. The molecule has 0 spiro atoms. The molecule has 0 aliphatic heterocycles. The summed E-state index contributed by atoms with van der Waals surface area (Å²) < 4.78 is 5.19. The lowest BCUT2D eigenvalue weighted by atomic mass is 10.2. The largest absolute Gasteiger partial charge is 0.494 e. The molecule has 0 amide bonds. The molecule has 0 saturated carbocycles. The van der Waals surface area contributed by atoms with Gasteiger partial charge in [-0.1, -0.05) is 53.5 Å². The molecule has 0 N–H and O–H groups in total. The Hall–Kier alpha value is -0.660. The lowest BCUT2D eigenvalue weighted by Crippen LogP contribution is -1.84. The van der Waals surface area contributed by atoms with Crippen molar-refractivity contribution >= 4 is 23.2 Å². The van der Waals surface area contributed by atoms with Crippen molar-refractivity contribution in [1.29, 1.82) is 0 Å². The van der Waals surface area contributed by atoms with Crippen LogP contribution in [0.4, 0.5) is 0 Å². The average molecular weight is 203 g/mol. The van der Waals surface area contributed by atoms with Gasteiger partial charge in [-0.25, -0.2) is 0 Å². The SMILES string of the molecule is ClC(Cl)=COCc1ccccc1. The molecule has 0 aliphatic rings. The van der Waals surface area contributed by atoms with Crippen molar-refractivity contribution in [2.75, 3.05) is 0 Å². The van der Waals surface area contributed by atoms with Crippen LogP contribution in [0.25, 0.3) is 0 Å². The van der Waals surface area contributed by atoms with Crippen molar-refractivity contribution in [1.82, 2.24) is 0 Å². The highest BCUT2D eigenvalue weighted by molar-refractivity contribution is 6.55. The Labute approximate surface area is 81.6 Å². The van der Waals surface area contributed by atoms with E-state index < -0.39 is 0 Å². The van der Waals surface area contributed by atoms with Crippen LogP contribution in [0, 0.1) is 0 Å². The highest BCUT2D eigenvalue weighted by Gasteiger charge is 1.89. The predicted octanol–water partition coefficient (Wildman–Crippen LogP) is 3.48. The molecule has 0 heterocycles. The second kappa shape index (κ2) is 5.07. The number of halogens is 2. The van der Waals surface area contributed by atoms with E-state index in [0.717, 1.165) is 5.56 Å². The van der Waals surface area contributed by atoms with Gasteiger partial charge in [0.25, 0.3) is 0 Å². The van der Waals surface area contributed by atoms with E-state index in [2.05, 4.69) is 0 Å². The van der Waals surface area contributed by atoms with Crippen molar-refractivity contribution in [3.8, 4) is 0 Å². The first-order valence-electron chi connectivity index (χ1n) is 3.46. The van der Waals surface area contributed by atoms with Gasteiger partial charge in [-0.2, -0.15) is 0 Å². The summed E-state index contributed by atoms with van der Waals surface area (Å²) in [5.41, 5.74) is 1.09. The average Bonchev–Trinajstić information content (AvgIpc) is 2.05. The Morgan fingerprint density at radius 3 is 2.50 bits per heavy atom. The topological polar surface area (TPSA) is 9.23 Å². The third kappa shape index (κ3) is 3.65. The van der Waals surface area contributed by atoms with Gasteiger partial charge in [0.1, 0.15) is 17.4 Å². The van der Waals surface area contributed by atoms with Crippen LogP contribution in [0.15, 0.2) is 41.1 Å². The van der Waals surface area contributed by atoms with Crippen molar-refractivity contribution in [2.45, 2.75) is 6.61 Å². The van der Waals surface area contributed by atoms with E-state index in [1.165, 1.54) is 6.26 Å². The van der Waals surface area contributed by atoms with E-state index >= 15 is 0 Å². The van der Waals surface area contributed by atoms with Gasteiger partial charge in [-0.15, -0.1) is 0 Å². The molecule has 0 aromatic heterocycles. The first kappa shape index (κ1) is 9.43. The summed E-state index contributed by atoms with van der Waals surface area (Å²) in [5, 5.41) is 0. The molecule has 1 aromatic carbocycles. The van der Waals surface area contributed by atoms with Gasteiger partial charge in [0, 0.05) is 0 Å². The van der Waals surface area contributed by atoms with Gasteiger partial charge < -0.3 is 4.74 Å². The molecule has 0 fully saturated rings. The zero-order valence-corrected chi connectivity index (χ0v) is 7.85. The number of hydrogen-bond donors (Lipinski definition) is 0. The van der Waals surface area contributed by atoms with E-state index in [9.17, 15) is 0 Å². The lowest BCUT2D eigenvalue weighted by Gasteiger charge is -1.99. The third-order valence-electron chi connectivity index (χ3n) is 1.27. The fraction of sp³-hybridized carbons (Fsp3) is 0.111. The number of rotatable bonds is 3. The summed E-state index contributed by atoms with van der Waals surface area (Å²) in [5.74, 6) is 0. The summed E-state index contributed by atoms with van der Waals surface area (Å²) in [7, 11) is 0. The van der Waals surface area contributed by atoms with Crippen LogP contribution in [-0.2, 0) is 11.3 Å². The zero-order valence-electron chi connectivity index (χ0n) is 6.34. The summed E-state index contributed by atoms with van der Waals surface area (Å²) in [4.78, 5) is 0. The molecule has 1 aromatic rings. The molecule has 0 aliphatic carbocycles. The molecule has 12 heavy (non-hydrogen) atoms. The first-order valence-corrected chi connectivity index (χ1v) is 4.21. The molecule has 1 nitrogen and oxygen atoms in total. The molecular formula is C9H8Cl2O. The maximum Gasteiger partial charge on any atom is 0.141 e. The molecule has 1 rings (SSSR count). The standard InChI is InChI=1S/C9H8Cl2O/c10-9(11)7-12-6-8-4-2-1-3-5-8/h1-5,7H,6H2. The Morgan fingerprint density at radius 2 is 1.92 bits per heavy atom. The number of ether oxygens (including phenoxy) is 1. The molecular weight excluding hydrogens is 195 g/mol. The Morgan fingerprint density at radius 1 is 1.25 bits per heavy atom. The summed E-state index contributed by atoms with van der Waals surface area (Å²) in [6.07, 6.45) is 1.32. The van der Waals surface area contributed by atoms with E-state index in [1.54, 1.807) is 0 Å². The van der Waals surface area contributed by atoms with Gasteiger partial charge in [0.15, 0.2) is 0 Å². The number of benzene rings is 1. The maximum absolute atomic E-state index is 5.35. The van der Waals surface area contributed by atoms with Crippen molar-refractivity contribution in [3.63, 3.8) is 0 Å². The van der Waals surface area contributed by atoms with E-state index in [0.29, 0.717) is 6.61 Å². The maximum atomic E-state index is 5.35. The van der Waals surface area contributed by atoms with Crippen molar-refractivity contribution < 1.29 is 4.74 Å². The van der Waals surface area contributed by atoms with Crippen LogP contribution < -0.4 is 0 Å². The number of hydrogen-bond acceptors (Lipinski definition) is 1. The summed E-state index contributed by atoms with van der Waals surface area (Å²) in [6.45, 7) is 0.490. The molecule has 3 heteroatoms. The minimum atomic E-state index is 0.130. The smallest absolute Gasteiger partial charge is 0.141 e. The fourth-order valence-corrected chi connectivity index (χ4v) is 0.901. The van der Waals surface area contributed by atoms with Crippen LogP contribution in [0.2, 0.25) is 0 Å². The Balaban J connectivity index is 2.39. The van der Waals surface area contributed by atoms with Crippen molar-refractivity contribution in [2.24, 2.45) is 0 Å². The fourth-order valence-electron chi connectivity index (χ4n) is 0.775. The monoisotopic (exact) mass is 202 g/mol. The van der Waals surface area contributed by atoms with E-state index in [4.69, 9.17) is 27.9 Å². The van der Waals surface area contributed by atoms with E-state index in [-0.39, 0.29) is 4.49 Å². The minimum absolute atomic E-state index is 0.130. The van der Waals surface area contributed by atoms with Crippen LogP contribution in [-0.4, -0.2) is 0 Å². The molecule has 0 bridgehead atoms. The second-order valence-corrected chi connectivity index (χ2v) is 3.21. The van der Waals surface area contributed by atoms with Gasteiger partial charge in [0.05, 0.1) is 0 Å². The highest BCUT2D eigenvalue weighted by Crippen LogP contribution is 2.08. The highest BCUT2D eigenvalue weighted by atomic mass is 35.5. The van der Waals surface area contributed by atoms with Crippen LogP contribution in [0.1, 0.15) is 5.56 Å². The zero-order chi connectivity index (χ0) is 8.81. The quantitative estimate of drug-likeness (QED) is 0.683. The normalized spacial score (nSPS) is 9.17.